The van der Waals surface area contributed by atoms with Crippen LogP contribution in [0.2, 0.25) is 0 Å². The summed E-state index contributed by atoms with van der Waals surface area (Å²) in [5.74, 6) is 0.405. The van der Waals surface area contributed by atoms with Crippen LogP contribution in [0.15, 0.2) is 11.1 Å². The monoisotopic (exact) mass is 240 g/mol. The fourth-order valence-corrected chi connectivity index (χ4v) is 2.16. The molecule has 3 nitrogen and oxygen atoms in total. The Hall–Kier alpha value is -0.830. The molecule has 0 bridgehead atoms. The number of carbonyl (C=O) groups excluding carboxylic acids is 1. The van der Waals surface area contributed by atoms with E-state index >= 15 is 0 Å². The maximum Gasteiger partial charge on any atom is 0.334 e. The van der Waals surface area contributed by atoms with Gasteiger partial charge in [-0.25, -0.2) is 4.79 Å². The number of ether oxygens (including phenoxy) is 1. The zero-order valence-electron chi connectivity index (χ0n) is 11.2. The largest absolute Gasteiger partial charge is 0.463 e. The maximum atomic E-state index is 11.8. The van der Waals surface area contributed by atoms with Crippen molar-refractivity contribution in [3.63, 3.8) is 0 Å². The van der Waals surface area contributed by atoms with Crippen LogP contribution in [0.1, 0.15) is 52.9 Å². The summed E-state index contributed by atoms with van der Waals surface area (Å²) in [6.07, 6.45) is 3.74. The smallest absolute Gasteiger partial charge is 0.334 e. The molecule has 0 fully saturated rings. The van der Waals surface area contributed by atoms with Crippen molar-refractivity contribution in [1.29, 1.82) is 0 Å². The van der Waals surface area contributed by atoms with Crippen molar-refractivity contribution in [2.45, 2.75) is 59.0 Å². The van der Waals surface area contributed by atoms with Gasteiger partial charge in [-0.1, -0.05) is 19.4 Å². The predicted octanol–water partition coefficient (Wildman–Crippen LogP) is 2.83. The van der Waals surface area contributed by atoms with E-state index in [-0.39, 0.29) is 12.1 Å². The highest BCUT2D eigenvalue weighted by molar-refractivity contribution is 5.89. The third-order valence-corrected chi connectivity index (χ3v) is 3.19. The number of rotatable bonds is 5. The predicted molar refractivity (Wildman–Crippen MR) is 67.6 cm³/mol. The standard InChI is InChI=1S/C14H24O3/c1-4-17-14(16)13-9-12(15)8-7-11(13)6-5-10(2)3/h10,12,15H,4-9H2,1-3H3. The Morgan fingerprint density at radius 2 is 2.24 bits per heavy atom. The summed E-state index contributed by atoms with van der Waals surface area (Å²) in [6.45, 7) is 6.58. The number of aliphatic hydroxyl groups is 1. The van der Waals surface area contributed by atoms with E-state index in [1.54, 1.807) is 0 Å². The molecule has 0 saturated carbocycles. The third kappa shape index (κ3) is 4.50. The van der Waals surface area contributed by atoms with Gasteiger partial charge < -0.3 is 9.84 Å². The van der Waals surface area contributed by atoms with Crippen LogP contribution in [0, 0.1) is 5.92 Å². The molecule has 1 aliphatic rings. The average molecular weight is 240 g/mol. The first-order valence-electron chi connectivity index (χ1n) is 6.60. The first kappa shape index (κ1) is 14.2. The van der Waals surface area contributed by atoms with E-state index in [0.717, 1.165) is 31.3 Å². The Morgan fingerprint density at radius 1 is 1.53 bits per heavy atom. The van der Waals surface area contributed by atoms with Crippen molar-refractivity contribution in [2.75, 3.05) is 6.61 Å². The van der Waals surface area contributed by atoms with Crippen LogP contribution < -0.4 is 0 Å². The van der Waals surface area contributed by atoms with E-state index in [1.807, 2.05) is 6.92 Å². The fraction of sp³-hybridized carbons (Fsp3) is 0.786. The molecule has 1 atom stereocenters. The Kier molecular flexibility index (Phi) is 5.69. The van der Waals surface area contributed by atoms with Gasteiger partial charge in [0, 0.05) is 12.0 Å². The van der Waals surface area contributed by atoms with Crippen molar-refractivity contribution in [1.82, 2.24) is 0 Å². The van der Waals surface area contributed by atoms with Gasteiger partial charge in [0.05, 0.1) is 12.7 Å². The van der Waals surface area contributed by atoms with E-state index in [1.165, 1.54) is 5.57 Å². The molecule has 0 spiro atoms. The molecule has 0 aromatic heterocycles. The van der Waals surface area contributed by atoms with Crippen molar-refractivity contribution in [2.24, 2.45) is 5.92 Å². The summed E-state index contributed by atoms with van der Waals surface area (Å²) in [4.78, 5) is 11.8. The van der Waals surface area contributed by atoms with Crippen LogP contribution in [0.25, 0.3) is 0 Å². The quantitative estimate of drug-likeness (QED) is 0.752. The lowest BCUT2D eigenvalue weighted by atomic mass is 9.86. The van der Waals surface area contributed by atoms with E-state index in [2.05, 4.69) is 13.8 Å². The highest BCUT2D eigenvalue weighted by Gasteiger charge is 2.24. The lowest BCUT2D eigenvalue weighted by Crippen LogP contribution is -2.21. The van der Waals surface area contributed by atoms with Gasteiger partial charge in [-0.3, -0.25) is 0 Å². The second-order valence-electron chi connectivity index (χ2n) is 5.13. The van der Waals surface area contributed by atoms with Gasteiger partial charge in [0.15, 0.2) is 0 Å². The van der Waals surface area contributed by atoms with Gasteiger partial charge in [-0.15, -0.1) is 0 Å². The van der Waals surface area contributed by atoms with Crippen molar-refractivity contribution in [3.8, 4) is 0 Å². The Bertz CT molecular complexity index is 292. The molecule has 98 valence electrons. The number of aliphatic hydroxyl groups excluding tert-OH is 1. The second-order valence-corrected chi connectivity index (χ2v) is 5.13. The van der Waals surface area contributed by atoms with Crippen LogP contribution in [-0.4, -0.2) is 23.8 Å². The molecule has 1 N–H and O–H groups in total. The summed E-state index contributed by atoms with van der Waals surface area (Å²) in [6, 6.07) is 0. The van der Waals surface area contributed by atoms with Gasteiger partial charge in [0.25, 0.3) is 0 Å². The Balaban J connectivity index is 2.74. The zero-order valence-corrected chi connectivity index (χ0v) is 11.2. The number of allylic oxidation sites excluding steroid dienone is 1. The molecular formula is C14H24O3. The molecule has 0 aromatic rings. The molecule has 0 aliphatic heterocycles. The number of esters is 1. The molecular weight excluding hydrogens is 216 g/mol. The van der Waals surface area contributed by atoms with Crippen LogP contribution in [0.4, 0.5) is 0 Å². The van der Waals surface area contributed by atoms with Gasteiger partial charge in [-0.2, -0.15) is 0 Å². The second kappa shape index (κ2) is 6.80. The van der Waals surface area contributed by atoms with E-state index in [0.29, 0.717) is 18.9 Å². The van der Waals surface area contributed by atoms with E-state index in [4.69, 9.17) is 4.74 Å². The minimum atomic E-state index is -0.378. The van der Waals surface area contributed by atoms with Gasteiger partial charge >= 0.3 is 5.97 Å². The number of hydrogen-bond donors (Lipinski definition) is 1. The highest BCUT2D eigenvalue weighted by atomic mass is 16.5. The molecule has 17 heavy (non-hydrogen) atoms. The van der Waals surface area contributed by atoms with Gasteiger partial charge in [0.2, 0.25) is 0 Å². The zero-order chi connectivity index (χ0) is 12.8. The van der Waals surface area contributed by atoms with Crippen molar-refractivity contribution in [3.05, 3.63) is 11.1 Å². The normalized spacial score (nSPS) is 20.9. The summed E-state index contributed by atoms with van der Waals surface area (Å²) in [5, 5.41) is 9.65. The van der Waals surface area contributed by atoms with Crippen molar-refractivity contribution < 1.29 is 14.6 Å². The summed E-state index contributed by atoms with van der Waals surface area (Å²) in [7, 11) is 0. The van der Waals surface area contributed by atoms with E-state index < -0.39 is 0 Å². The minimum Gasteiger partial charge on any atom is -0.463 e. The van der Waals surface area contributed by atoms with Crippen molar-refractivity contribution >= 4 is 5.97 Å². The van der Waals surface area contributed by atoms with Crippen LogP contribution >= 0.6 is 0 Å². The molecule has 0 saturated heterocycles. The fourth-order valence-electron chi connectivity index (χ4n) is 2.16. The molecule has 0 aromatic carbocycles. The molecule has 3 heteroatoms. The molecule has 1 aliphatic carbocycles. The number of carbonyl (C=O) groups is 1. The molecule has 0 amide bonds. The molecule has 0 radical (unpaired) electrons. The lowest BCUT2D eigenvalue weighted by Gasteiger charge is -2.23. The third-order valence-electron chi connectivity index (χ3n) is 3.19. The molecule has 0 heterocycles. The van der Waals surface area contributed by atoms with E-state index in [9.17, 15) is 9.90 Å². The van der Waals surface area contributed by atoms with Crippen LogP contribution in [-0.2, 0) is 9.53 Å². The summed E-state index contributed by atoms with van der Waals surface area (Å²) in [5.41, 5.74) is 1.92. The average Bonchev–Trinajstić information content (AvgIpc) is 2.27. The first-order valence-corrected chi connectivity index (χ1v) is 6.60. The molecule has 1 rings (SSSR count). The topological polar surface area (TPSA) is 46.5 Å². The maximum absolute atomic E-state index is 11.8. The highest BCUT2D eigenvalue weighted by Crippen LogP contribution is 2.30. The van der Waals surface area contributed by atoms with Crippen LogP contribution in [0.5, 0.6) is 0 Å². The first-order chi connectivity index (χ1) is 8.04. The number of hydrogen-bond acceptors (Lipinski definition) is 3. The lowest BCUT2D eigenvalue weighted by molar-refractivity contribution is -0.139. The minimum absolute atomic E-state index is 0.231. The Morgan fingerprint density at radius 3 is 2.82 bits per heavy atom. The Labute approximate surface area is 104 Å². The SMILES string of the molecule is CCOC(=O)C1=C(CCC(C)C)CCC(O)C1. The summed E-state index contributed by atoms with van der Waals surface area (Å²) < 4.78 is 5.06. The summed E-state index contributed by atoms with van der Waals surface area (Å²) >= 11 is 0. The van der Waals surface area contributed by atoms with Gasteiger partial charge in [-0.05, 0) is 38.5 Å². The van der Waals surface area contributed by atoms with Crippen LogP contribution in [0.3, 0.4) is 0 Å². The molecule has 1 unspecified atom stereocenters. The van der Waals surface area contributed by atoms with Gasteiger partial charge in [0.1, 0.15) is 0 Å².